The Labute approximate surface area is 214 Å². The number of benzene rings is 2. The smallest absolute Gasteiger partial charge is 0.158 e. The summed E-state index contributed by atoms with van der Waals surface area (Å²) in [6.45, 7) is 1.34. The molecule has 0 unspecified atom stereocenters. The lowest BCUT2D eigenvalue weighted by Gasteiger charge is -2.15. The molecular weight excluding hydrogens is 468 g/mol. The van der Waals surface area contributed by atoms with Crippen molar-refractivity contribution in [1.82, 2.24) is 29.5 Å². The molecule has 0 aliphatic heterocycles. The summed E-state index contributed by atoms with van der Waals surface area (Å²) in [5.74, 6) is 3.36. The van der Waals surface area contributed by atoms with E-state index in [4.69, 9.17) is 15.2 Å². The van der Waals surface area contributed by atoms with Crippen molar-refractivity contribution in [2.24, 2.45) is 0 Å². The van der Waals surface area contributed by atoms with Crippen LogP contribution < -0.4 is 20.5 Å². The number of nitrogen functional groups attached to an aromatic ring is 1. The fourth-order valence-corrected chi connectivity index (χ4v) is 4.22. The van der Waals surface area contributed by atoms with Crippen molar-refractivity contribution in [1.29, 1.82) is 0 Å². The molecule has 0 amide bonds. The zero-order valence-corrected chi connectivity index (χ0v) is 20.8. The normalized spacial score (nSPS) is 13.4. The molecule has 10 heteroatoms. The van der Waals surface area contributed by atoms with Gasteiger partial charge in [0.2, 0.25) is 0 Å². The van der Waals surface area contributed by atoms with Crippen LogP contribution in [0, 0.1) is 0 Å². The Morgan fingerprint density at radius 2 is 1.92 bits per heavy atom. The second kappa shape index (κ2) is 9.55. The topological polar surface area (TPSA) is 116 Å². The molecule has 2 aromatic carbocycles. The molecule has 3 heterocycles. The summed E-state index contributed by atoms with van der Waals surface area (Å²) in [6.07, 6.45) is 7.21. The van der Waals surface area contributed by atoms with E-state index in [9.17, 15) is 0 Å². The standard InChI is InChI=1S/C27H28N8O2/c1-34(2)9-10-36-25-14-23-21(13-22(25)28)27(31-15-29-23)33-18-5-6-24(20(11-18)17-3-4-17)37-19-7-8-35-26(12-19)30-16-32-35/h5-8,11-17H,3-4,9-10,28H2,1-2H3,(H,29,31,33). The van der Waals surface area contributed by atoms with Gasteiger partial charge < -0.3 is 25.4 Å². The lowest BCUT2D eigenvalue weighted by molar-refractivity contribution is 0.262. The third-order valence-electron chi connectivity index (χ3n) is 6.33. The Morgan fingerprint density at radius 1 is 1.03 bits per heavy atom. The van der Waals surface area contributed by atoms with Crippen molar-refractivity contribution < 1.29 is 9.47 Å². The van der Waals surface area contributed by atoms with Crippen LogP contribution in [0.1, 0.15) is 24.3 Å². The highest BCUT2D eigenvalue weighted by molar-refractivity contribution is 5.94. The van der Waals surface area contributed by atoms with Crippen molar-refractivity contribution in [2.45, 2.75) is 18.8 Å². The average Bonchev–Trinajstić information content (AvgIpc) is 3.62. The van der Waals surface area contributed by atoms with E-state index in [1.54, 1.807) is 10.8 Å². The molecule has 0 atom stereocenters. The maximum Gasteiger partial charge on any atom is 0.158 e. The first-order valence-electron chi connectivity index (χ1n) is 12.2. The van der Waals surface area contributed by atoms with E-state index < -0.39 is 0 Å². The molecule has 188 valence electrons. The summed E-state index contributed by atoms with van der Waals surface area (Å²) in [7, 11) is 4.01. The molecule has 0 spiro atoms. The molecule has 3 aromatic heterocycles. The van der Waals surface area contributed by atoms with Crippen LogP contribution in [0.25, 0.3) is 16.6 Å². The largest absolute Gasteiger partial charge is 0.490 e. The van der Waals surface area contributed by atoms with Gasteiger partial charge in [0, 0.05) is 35.9 Å². The van der Waals surface area contributed by atoms with Crippen molar-refractivity contribution in [3.8, 4) is 17.2 Å². The third kappa shape index (κ3) is 4.96. The van der Waals surface area contributed by atoms with Crippen molar-refractivity contribution in [3.63, 3.8) is 0 Å². The van der Waals surface area contributed by atoms with Gasteiger partial charge in [0.25, 0.3) is 0 Å². The van der Waals surface area contributed by atoms with Gasteiger partial charge in [0.15, 0.2) is 5.65 Å². The SMILES string of the molecule is CN(C)CCOc1cc2ncnc(Nc3ccc(Oc4ccn5ncnc5c4)c(C4CC4)c3)c2cc1N. The van der Waals surface area contributed by atoms with Crippen LogP contribution in [0.15, 0.2) is 61.3 Å². The zero-order valence-electron chi connectivity index (χ0n) is 20.8. The molecule has 0 radical (unpaired) electrons. The molecule has 6 rings (SSSR count). The Bertz CT molecular complexity index is 1580. The first-order valence-corrected chi connectivity index (χ1v) is 12.2. The molecule has 1 aliphatic carbocycles. The van der Waals surface area contributed by atoms with Gasteiger partial charge in [-0.25, -0.2) is 19.5 Å². The van der Waals surface area contributed by atoms with E-state index in [0.717, 1.165) is 53.1 Å². The van der Waals surface area contributed by atoms with E-state index in [0.29, 0.717) is 29.8 Å². The lowest BCUT2D eigenvalue weighted by atomic mass is 10.1. The number of hydrogen-bond acceptors (Lipinski definition) is 9. The minimum atomic E-state index is 0.480. The van der Waals surface area contributed by atoms with E-state index in [2.05, 4.69) is 36.3 Å². The molecule has 1 aliphatic rings. The molecular formula is C27H28N8O2. The maximum absolute atomic E-state index is 6.31. The molecule has 37 heavy (non-hydrogen) atoms. The Morgan fingerprint density at radius 3 is 2.76 bits per heavy atom. The fraction of sp³-hybridized carbons (Fsp3) is 0.259. The minimum Gasteiger partial charge on any atom is -0.490 e. The number of pyridine rings is 1. The zero-order chi connectivity index (χ0) is 25.4. The average molecular weight is 497 g/mol. The molecule has 5 aromatic rings. The summed E-state index contributed by atoms with van der Waals surface area (Å²) >= 11 is 0. The second-order valence-electron chi connectivity index (χ2n) is 9.46. The van der Waals surface area contributed by atoms with Gasteiger partial charge in [-0.2, -0.15) is 5.10 Å². The Kier molecular flexibility index (Phi) is 5.93. The van der Waals surface area contributed by atoms with Gasteiger partial charge in [-0.3, -0.25) is 0 Å². The summed E-state index contributed by atoms with van der Waals surface area (Å²) in [5, 5.41) is 8.42. The molecule has 1 saturated carbocycles. The third-order valence-corrected chi connectivity index (χ3v) is 6.33. The lowest BCUT2D eigenvalue weighted by Crippen LogP contribution is -2.19. The van der Waals surface area contributed by atoms with Gasteiger partial charge in [0.05, 0.1) is 11.2 Å². The number of aromatic nitrogens is 5. The van der Waals surface area contributed by atoms with Crippen LogP contribution in [0.4, 0.5) is 17.2 Å². The number of anilines is 3. The van der Waals surface area contributed by atoms with Gasteiger partial charge in [-0.1, -0.05) is 0 Å². The molecule has 0 saturated heterocycles. The maximum atomic E-state index is 6.31. The van der Waals surface area contributed by atoms with Gasteiger partial charge >= 0.3 is 0 Å². The highest BCUT2D eigenvalue weighted by atomic mass is 16.5. The number of rotatable bonds is 9. The van der Waals surface area contributed by atoms with Gasteiger partial charge in [-0.05, 0) is 68.8 Å². The first-order chi connectivity index (χ1) is 18.0. The van der Waals surface area contributed by atoms with Crippen LogP contribution in [0.2, 0.25) is 0 Å². The predicted molar refractivity (Wildman–Crippen MR) is 143 cm³/mol. The Hall–Kier alpha value is -4.44. The van der Waals surface area contributed by atoms with Crippen molar-refractivity contribution in [3.05, 3.63) is 66.9 Å². The van der Waals surface area contributed by atoms with Gasteiger partial charge in [0.1, 0.15) is 42.3 Å². The molecule has 3 N–H and O–H groups in total. The summed E-state index contributed by atoms with van der Waals surface area (Å²) in [6, 6.07) is 13.6. The van der Waals surface area contributed by atoms with Crippen LogP contribution in [-0.4, -0.2) is 56.7 Å². The first kappa shape index (κ1) is 23.0. The van der Waals surface area contributed by atoms with E-state index in [1.165, 1.54) is 11.9 Å². The fourth-order valence-electron chi connectivity index (χ4n) is 4.22. The predicted octanol–water partition coefficient (Wildman–Crippen LogP) is 4.61. The van der Waals surface area contributed by atoms with Crippen LogP contribution in [0.3, 0.4) is 0 Å². The monoisotopic (exact) mass is 496 g/mol. The number of nitrogens with zero attached hydrogens (tertiary/aromatic N) is 6. The highest BCUT2D eigenvalue weighted by Gasteiger charge is 2.27. The number of ether oxygens (including phenoxy) is 2. The number of likely N-dealkylation sites (N-methyl/N-ethyl adjacent to an activating group) is 1. The van der Waals surface area contributed by atoms with Gasteiger partial charge in [-0.15, -0.1) is 0 Å². The molecule has 1 fully saturated rings. The van der Waals surface area contributed by atoms with Crippen molar-refractivity contribution >= 4 is 33.7 Å². The van der Waals surface area contributed by atoms with Crippen LogP contribution >= 0.6 is 0 Å². The van der Waals surface area contributed by atoms with Crippen molar-refractivity contribution in [2.75, 3.05) is 38.3 Å². The Balaban J connectivity index is 1.26. The van der Waals surface area contributed by atoms with Crippen LogP contribution in [0.5, 0.6) is 17.2 Å². The highest BCUT2D eigenvalue weighted by Crippen LogP contribution is 2.46. The molecule has 10 nitrogen and oxygen atoms in total. The summed E-state index contributed by atoms with van der Waals surface area (Å²) in [4.78, 5) is 15.2. The number of hydrogen-bond donors (Lipinski definition) is 2. The number of fused-ring (bicyclic) bond motifs is 2. The number of nitrogens with one attached hydrogen (secondary N) is 1. The van der Waals surface area contributed by atoms with Crippen LogP contribution in [-0.2, 0) is 0 Å². The summed E-state index contributed by atoms with van der Waals surface area (Å²) in [5.41, 5.74) is 10.5. The number of nitrogens with two attached hydrogens (primary N) is 1. The molecule has 0 bridgehead atoms. The second-order valence-corrected chi connectivity index (χ2v) is 9.46. The van der Waals surface area contributed by atoms with E-state index >= 15 is 0 Å². The minimum absolute atomic E-state index is 0.480. The quantitative estimate of drug-likeness (QED) is 0.282. The van der Waals surface area contributed by atoms with E-state index in [1.807, 2.05) is 56.7 Å². The summed E-state index contributed by atoms with van der Waals surface area (Å²) < 4.78 is 13.9. The van der Waals surface area contributed by atoms with E-state index in [-0.39, 0.29) is 0 Å².